The van der Waals surface area contributed by atoms with Crippen molar-refractivity contribution < 1.29 is 13.9 Å². The van der Waals surface area contributed by atoms with Crippen molar-refractivity contribution in [2.75, 3.05) is 45.2 Å². The Balaban J connectivity index is 0.00000181. The number of hydrogen-bond acceptors (Lipinski definition) is 6. The van der Waals surface area contributed by atoms with E-state index < -0.39 is 5.82 Å². The minimum atomic E-state index is -0.459. The van der Waals surface area contributed by atoms with E-state index in [-0.39, 0.29) is 48.3 Å². The Morgan fingerprint density at radius 2 is 2.09 bits per heavy atom. The van der Waals surface area contributed by atoms with Gasteiger partial charge in [0.1, 0.15) is 18.2 Å². The van der Waals surface area contributed by atoms with E-state index in [2.05, 4.69) is 4.98 Å². The van der Waals surface area contributed by atoms with Crippen LogP contribution in [0.4, 0.5) is 10.3 Å². The van der Waals surface area contributed by atoms with Crippen LogP contribution in [0.1, 0.15) is 40.9 Å². The quantitative estimate of drug-likeness (QED) is 0.700. The lowest BCUT2D eigenvalue weighted by Gasteiger charge is -2.40. The molecule has 1 aromatic carbocycles. The summed E-state index contributed by atoms with van der Waals surface area (Å²) in [7, 11) is 3.85. The highest BCUT2D eigenvalue weighted by atomic mass is 35.5. The third-order valence-corrected chi connectivity index (χ3v) is 6.04. The van der Waals surface area contributed by atoms with Crippen molar-refractivity contribution in [1.29, 1.82) is 0 Å². The summed E-state index contributed by atoms with van der Waals surface area (Å²) in [6, 6.07) is 4.05. The Hall–Kier alpha value is -2.16. The summed E-state index contributed by atoms with van der Waals surface area (Å²) in [5, 5.41) is 0. The zero-order chi connectivity index (χ0) is 21.3. The number of piperidine rings is 1. The molecule has 1 aliphatic carbocycles. The lowest BCUT2D eigenvalue weighted by atomic mass is 9.77. The number of aryl methyl sites for hydroxylation is 1. The summed E-state index contributed by atoms with van der Waals surface area (Å²) in [6.07, 6.45) is 5.62. The topological polar surface area (TPSA) is 84.6 Å². The minimum absolute atomic E-state index is 0. The van der Waals surface area contributed by atoms with Gasteiger partial charge in [0, 0.05) is 45.3 Å². The molecule has 0 bridgehead atoms. The van der Waals surface area contributed by atoms with Gasteiger partial charge in [-0.15, -0.1) is 24.8 Å². The largest absolute Gasteiger partial charge is 0.491 e. The van der Waals surface area contributed by atoms with Crippen LogP contribution in [0.3, 0.4) is 0 Å². The number of benzene rings is 1. The van der Waals surface area contributed by atoms with Gasteiger partial charge in [-0.3, -0.25) is 4.79 Å². The molecule has 2 N–H and O–H groups in total. The summed E-state index contributed by atoms with van der Waals surface area (Å²) < 4.78 is 19.5. The number of halogens is 3. The standard InChI is InChI=1S/C22H28FN5O2.2ClH/c1-27(2)21-25-13-15-6-8-22(19(15)26-21)7-3-10-28(14-22)20(29)17-12-16(23)4-5-18(17)30-11-9-24;;/h4-5,12-13H,3,6-11,14,24H2,1-2H3;2*1H. The molecule has 1 fully saturated rings. The smallest absolute Gasteiger partial charge is 0.257 e. The molecule has 2 aromatic rings. The number of fused-ring (bicyclic) bond motifs is 2. The van der Waals surface area contributed by atoms with Gasteiger partial charge in [0.2, 0.25) is 5.95 Å². The van der Waals surface area contributed by atoms with Gasteiger partial charge in [-0.05, 0) is 49.4 Å². The highest BCUT2D eigenvalue weighted by molar-refractivity contribution is 5.97. The van der Waals surface area contributed by atoms with Crippen molar-refractivity contribution >= 4 is 36.7 Å². The molecule has 1 aromatic heterocycles. The van der Waals surface area contributed by atoms with Crippen LogP contribution >= 0.6 is 24.8 Å². The first-order chi connectivity index (χ1) is 14.4. The third kappa shape index (κ3) is 4.92. The molecular weight excluding hydrogens is 456 g/mol. The highest BCUT2D eigenvalue weighted by Crippen LogP contribution is 2.44. The molecule has 1 saturated heterocycles. The van der Waals surface area contributed by atoms with Gasteiger partial charge in [-0.2, -0.15) is 0 Å². The van der Waals surface area contributed by atoms with Crippen molar-refractivity contribution in [3.8, 4) is 5.75 Å². The van der Waals surface area contributed by atoms with E-state index >= 15 is 0 Å². The Bertz CT molecular complexity index is 958. The maximum absolute atomic E-state index is 13.9. The molecule has 0 saturated carbocycles. The molecule has 1 amide bonds. The Labute approximate surface area is 200 Å². The van der Waals surface area contributed by atoms with Gasteiger partial charge < -0.3 is 20.3 Å². The van der Waals surface area contributed by atoms with Gasteiger partial charge in [0.05, 0.1) is 11.3 Å². The van der Waals surface area contributed by atoms with Crippen LogP contribution in [0.25, 0.3) is 0 Å². The molecule has 4 rings (SSSR count). The first-order valence-electron chi connectivity index (χ1n) is 10.4. The van der Waals surface area contributed by atoms with E-state index in [1.54, 1.807) is 0 Å². The normalized spacial score (nSPS) is 19.1. The van der Waals surface area contributed by atoms with Gasteiger partial charge >= 0.3 is 0 Å². The number of carbonyl (C=O) groups excluding carboxylic acids is 1. The van der Waals surface area contributed by atoms with Gasteiger partial charge in [0.15, 0.2) is 0 Å². The number of nitrogens with two attached hydrogens (primary N) is 1. The van der Waals surface area contributed by atoms with Crippen molar-refractivity contribution in [2.45, 2.75) is 31.1 Å². The average Bonchev–Trinajstić information content (AvgIpc) is 3.09. The van der Waals surface area contributed by atoms with Crippen LogP contribution in [0, 0.1) is 5.82 Å². The second-order valence-electron chi connectivity index (χ2n) is 8.33. The first-order valence-corrected chi connectivity index (χ1v) is 10.4. The van der Waals surface area contributed by atoms with Crippen LogP contribution in [0.15, 0.2) is 24.4 Å². The number of amides is 1. The number of hydrogen-bond donors (Lipinski definition) is 1. The number of rotatable bonds is 5. The van der Waals surface area contributed by atoms with Crippen molar-refractivity contribution in [3.05, 3.63) is 47.0 Å². The minimum Gasteiger partial charge on any atom is -0.491 e. The predicted octanol–water partition coefficient (Wildman–Crippen LogP) is 2.98. The summed E-state index contributed by atoms with van der Waals surface area (Å²) in [5.41, 5.74) is 7.80. The van der Waals surface area contributed by atoms with Crippen LogP contribution in [0.5, 0.6) is 5.75 Å². The summed E-state index contributed by atoms with van der Waals surface area (Å²) >= 11 is 0. The Morgan fingerprint density at radius 3 is 2.81 bits per heavy atom. The van der Waals surface area contributed by atoms with Crippen LogP contribution < -0.4 is 15.4 Å². The molecule has 10 heteroatoms. The Kier molecular flexibility index (Phi) is 8.67. The Morgan fingerprint density at radius 1 is 1.31 bits per heavy atom. The van der Waals surface area contributed by atoms with Crippen LogP contribution in [0.2, 0.25) is 0 Å². The van der Waals surface area contributed by atoms with Crippen LogP contribution in [-0.2, 0) is 11.8 Å². The highest BCUT2D eigenvalue weighted by Gasteiger charge is 2.45. The second-order valence-corrected chi connectivity index (χ2v) is 8.33. The van der Waals surface area contributed by atoms with E-state index in [0.717, 1.165) is 36.9 Å². The van der Waals surface area contributed by atoms with Crippen LogP contribution in [-0.4, -0.2) is 61.1 Å². The molecule has 2 aliphatic rings. The molecule has 1 unspecified atom stereocenters. The van der Waals surface area contributed by atoms with Crippen molar-refractivity contribution in [3.63, 3.8) is 0 Å². The fourth-order valence-electron chi connectivity index (χ4n) is 4.58. The number of nitrogens with zero attached hydrogens (tertiary/aromatic N) is 4. The monoisotopic (exact) mass is 485 g/mol. The predicted molar refractivity (Wildman–Crippen MR) is 127 cm³/mol. The number of likely N-dealkylation sites (tertiary alicyclic amines) is 1. The molecule has 1 spiro atoms. The molecular formula is C22H30Cl2FN5O2. The zero-order valence-corrected chi connectivity index (χ0v) is 20.0. The lowest BCUT2D eigenvalue weighted by molar-refractivity contribution is 0.0628. The number of carbonyl (C=O) groups is 1. The fourth-order valence-corrected chi connectivity index (χ4v) is 4.58. The lowest BCUT2D eigenvalue weighted by Crippen LogP contribution is -2.48. The zero-order valence-electron chi connectivity index (χ0n) is 18.3. The summed E-state index contributed by atoms with van der Waals surface area (Å²) in [6.45, 7) is 1.79. The van der Waals surface area contributed by atoms with E-state index in [4.69, 9.17) is 15.5 Å². The first kappa shape index (κ1) is 26.1. The molecule has 176 valence electrons. The molecule has 0 radical (unpaired) electrons. The summed E-state index contributed by atoms with van der Waals surface area (Å²) in [5.74, 6) is 0.382. The maximum Gasteiger partial charge on any atom is 0.257 e. The second kappa shape index (κ2) is 10.6. The number of anilines is 1. The van der Waals surface area contributed by atoms with E-state index in [9.17, 15) is 9.18 Å². The summed E-state index contributed by atoms with van der Waals surface area (Å²) in [4.78, 5) is 26.4. The SMILES string of the molecule is CN(C)c1ncc2c(n1)C1(CCCN(C(=O)c3cc(F)ccc3OCCN)C1)CC2.Cl.Cl. The fraction of sp³-hybridized carbons (Fsp3) is 0.500. The molecule has 32 heavy (non-hydrogen) atoms. The van der Waals surface area contributed by atoms with Gasteiger partial charge in [0.25, 0.3) is 5.91 Å². The number of aromatic nitrogens is 2. The van der Waals surface area contributed by atoms with Gasteiger partial charge in [-0.25, -0.2) is 14.4 Å². The average molecular weight is 486 g/mol. The maximum atomic E-state index is 13.9. The third-order valence-electron chi connectivity index (χ3n) is 6.04. The van der Waals surface area contributed by atoms with Crippen molar-refractivity contribution in [1.82, 2.24) is 14.9 Å². The van der Waals surface area contributed by atoms with E-state index in [1.165, 1.54) is 18.2 Å². The van der Waals surface area contributed by atoms with E-state index in [0.29, 0.717) is 31.3 Å². The van der Waals surface area contributed by atoms with Crippen molar-refractivity contribution in [2.24, 2.45) is 5.73 Å². The molecule has 7 nitrogen and oxygen atoms in total. The molecule has 1 atom stereocenters. The van der Waals surface area contributed by atoms with E-state index in [1.807, 2.05) is 30.1 Å². The number of ether oxygens (including phenoxy) is 1. The molecule has 1 aliphatic heterocycles. The van der Waals surface area contributed by atoms with Gasteiger partial charge in [-0.1, -0.05) is 0 Å². The molecule has 2 heterocycles.